The molecule has 0 bridgehead atoms. The molecule has 1 aromatic carbocycles. The van der Waals surface area contributed by atoms with Crippen LogP contribution in [-0.2, 0) is 15.5 Å². The first-order valence-electron chi connectivity index (χ1n) is 5.71. The lowest BCUT2D eigenvalue weighted by Gasteiger charge is -2.27. The zero-order valence-electron chi connectivity index (χ0n) is 10.8. The number of rotatable bonds is 4. The first kappa shape index (κ1) is 14.2. The smallest absolute Gasteiger partial charge is 0.282 e. The molecule has 1 N–H and O–H groups in total. The molecule has 0 aromatic heterocycles. The highest BCUT2D eigenvalue weighted by Gasteiger charge is 2.22. The highest BCUT2D eigenvalue weighted by molar-refractivity contribution is 7.85. The van der Waals surface area contributed by atoms with Gasteiger partial charge < -0.3 is 0 Å². The maximum absolute atomic E-state index is 10.9. The van der Waals surface area contributed by atoms with Crippen LogP contribution < -0.4 is 0 Å². The van der Waals surface area contributed by atoms with Crippen LogP contribution in [0.3, 0.4) is 0 Å². The van der Waals surface area contributed by atoms with Crippen molar-refractivity contribution in [3.05, 3.63) is 29.8 Å². The molecular weight excluding hydrogens is 236 g/mol. The van der Waals surface area contributed by atoms with Gasteiger partial charge in [0.25, 0.3) is 10.1 Å². The van der Waals surface area contributed by atoms with E-state index in [1.54, 1.807) is 12.1 Å². The lowest BCUT2D eigenvalue weighted by atomic mass is 9.78. The van der Waals surface area contributed by atoms with Crippen molar-refractivity contribution in [2.75, 3.05) is 0 Å². The van der Waals surface area contributed by atoms with Gasteiger partial charge in [0.15, 0.2) is 0 Å². The Kier molecular flexibility index (Phi) is 3.99. The van der Waals surface area contributed by atoms with Crippen molar-refractivity contribution in [2.24, 2.45) is 5.92 Å². The van der Waals surface area contributed by atoms with Crippen molar-refractivity contribution in [3.8, 4) is 0 Å². The third-order valence-corrected chi connectivity index (χ3v) is 3.72. The molecule has 1 rings (SSSR count). The fourth-order valence-electron chi connectivity index (χ4n) is 2.22. The lowest BCUT2D eigenvalue weighted by molar-refractivity contribution is 0.399. The molecule has 17 heavy (non-hydrogen) atoms. The second kappa shape index (κ2) is 4.78. The van der Waals surface area contributed by atoms with Crippen molar-refractivity contribution in [1.82, 2.24) is 0 Å². The van der Waals surface area contributed by atoms with Gasteiger partial charge in [0, 0.05) is 0 Å². The zero-order valence-corrected chi connectivity index (χ0v) is 11.6. The van der Waals surface area contributed by atoms with E-state index in [0.29, 0.717) is 5.92 Å². The predicted molar refractivity (Wildman–Crippen MR) is 68.7 cm³/mol. The summed E-state index contributed by atoms with van der Waals surface area (Å²) >= 11 is 0. The van der Waals surface area contributed by atoms with Crippen LogP contribution in [0.25, 0.3) is 0 Å². The molecule has 0 atom stereocenters. The molecule has 1 aromatic rings. The second-order valence-corrected chi connectivity index (χ2v) is 6.90. The minimum atomic E-state index is -4.09. The topological polar surface area (TPSA) is 54.4 Å². The monoisotopic (exact) mass is 256 g/mol. The van der Waals surface area contributed by atoms with Crippen LogP contribution in [0.1, 0.15) is 39.7 Å². The quantitative estimate of drug-likeness (QED) is 0.841. The molecule has 0 radical (unpaired) electrons. The van der Waals surface area contributed by atoms with Gasteiger partial charge in [0.2, 0.25) is 0 Å². The van der Waals surface area contributed by atoms with E-state index in [-0.39, 0.29) is 10.3 Å². The molecule has 0 aliphatic heterocycles. The van der Waals surface area contributed by atoms with E-state index in [2.05, 4.69) is 27.7 Å². The molecule has 0 heterocycles. The van der Waals surface area contributed by atoms with E-state index < -0.39 is 10.1 Å². The predicted octanol–water partition coefficient (Wildman–Crippen LogP) is 3.26. The van der Waals surface area contributed by atoms with E-state index in [1.807, 2.05) is 0 Å². The summed E-state index contributed by atoms with van der Waals surface area (Å²) in [4.78, 5) is -0.0541. The SMILES string of the molecule is CC(C)CC(C)(C)c1ccc(S(=O)(=O)O)cc1. The molecule has 0 aliphatic carbocycles. The molecule has 0 fully saturated rings. The van der Waals surface area contributed by atoms with Crippen LogP contribution in [0.2, 0.25) is 0 Å². The molecule has 0 aliphatic rings. The molecule has 4 heteroatoms. The van der Waals surface area contributed by atoms with Gasteiger partial charge in [-0.05, 0) is 35.4 Å². The first-order chi connectivity index (χ1) is 7.63. The Morgan fingerprint density at radius 1 is 1.18 bits per heavy atom. The Bertz CT molecular complexity index is 470. The van der Waals surface area contributed by atoms with Gasteiger partial charge in [0.05, 0.1) is 4.90 Å². The van der Waals surface area contributed by atoms with E-state index in [9.17, 15) is 8.42 Å². The summed E-state index contributed by atoms with van der Waals surface area (Å²) in [5.74, 6) is 0.575. The Balaban J connectivity index is 3.03. The summed E-state index contributed by atoms with van der Waals surface area (Å²) in [6.45, 7) is 8.59. The zero-order chi connectivity index (χ0) is 13.3. The Labute approximate surface area is 104 Å². The van der Waals surface area contributed by atoms with Gasteiger partial charge in [-0.3, -0.25) is 4.55 Å². The number of benzene rings is 1. The maximum atomic E-state index is 10.9. The van der Waals surface area contributed by atoms with Gasteiger partial charge in [-0.2, -0.15) is 8.42 Å². The maximum Gasteiger partial charge on any atom is 0.294 e. The summed E-state index contributed by atoms with van der Waals surface area (Å²) in [6, 6.07) is 6.44. The van der Waals surface area contributed by atoms with Crippen molar-refractivity contribution >= 4 is 10.1 Å². The molecule has 0 amide bonds. The second-order valence-electron chi connectivity index (χ2n) is 5.48. The van der Waals surface area contributed by atoms with Crippen LogP contribution in [0.5, 0.6) is 0 Å². The average Bonchev–Trinajstić information content (AvgIpc) is 2.14. The van der Waals surface area contributed by atoms with Crippen molar-refractivity contribution < 1.29 is 13.0 Å². The summed E-state index contributed by atoms with van der Waals surface area (Å²) in [6.07, 6.45) is 1.03. The van der Waals surface area contributed by atoms with E-state index >= 15 is 0 Å². The van der Waals surface area contributed by atoms with Crippen molar-refractivity contribution in [2.45, 2.75) is 44.4 Å². The fraction of sp³-hybridized carbons (Fsp3) is 0.538. The number of hydrogen-bond acceptors (Lipinski definition) is 2. The third kappa shape index (κ3) is 3.82. The van der Waals surface area contributed by atoms with Crippen LogP contribution in [-0.4, -0.2) is 13.0 Å². The first-order valence-corrected chi connectivity index (χ1v) is 7.15. The Hall–Kier alpha value is -0.870. The van der Waals surface area contributed by atoms with Crippen molar-refractivity contribution in [3.63, 3.8) is 0 Å². The van der Waals surface area contributed by atoms with Crippen LogP contribution in [0.15, 0.2) is 29.2 Å². The summed E-state index contributed by atoms with van der Waals surface area (Å²) in [7, 11) is -4.09. The molecule has 96 valence electrons. The van der Waals surface area contributed by atoms with Crippen LogP contribution >= 0.6 is 0 Å². The third-order valence-electron chi connectivity index (χ3n) is 2.85. The fourth-order valence-corrected chi connectivity index (χ4v) is 2.70. The minimum Gasteiger partial charge on any atom is -0.282 e. The molecule has 3 nitrogen and oxygen atoms in total. The Morgan fingerprint density at radius 3 is 2.00 bits per heavy atom. The van der Waals surface area contributed by atoms with Gasteiger partial charge in [0.1, 0.15) is 0 Å². The van der Waals surface area contributed by atoms with E-state index in [0.717, 1.165) is 12.0 Å². The largest absolute Gasteiger partial charge is 0.294 e. The average molecular weight is 256 g/mol. The summed E-state index contributed by atoms with van der Waals surface area (Å²) in [5.41, 5.74) is 1.09. The lowest BCUT2D eigenvalue weighted by Crippen LogP contribution is -2.19. The van der Waals surface area contributed by atoms with Crippen LogP contribution in [0, 0.1) is 5.92 Å². The Morgan fingerprint density at radius 2 is 1.65 bits per heavy atom. The van der Waals surface area contributed by atoms with Gasteiger partial charge >= 0.3 is 0 Å². The molecule has 0 unspecified atom stereocenters. The number of hydrogen-bond donors (Lipinski definition) is 1. The molecule has 0 saturated heterocycles. The van der Waals surface area contributed by atoms with Gasteiger partial charge in [-0.15, -0.1) is 0 Å². The summed E-state index contributed by atoms with van der Waals surface area (Å²) in [5, 5.41) is 0. The minimum absolute atomic E-state index is 0.00587. The molecule has 0 spiro atoms. The van der Waals surface area contributed by atoms with E-state index in [4.69, 9.17) is 4.55 Å². The normalized spacial score (nSPS) is 13.1. The van der Waals surface area contributed by atoms with Gasteiger partial charge in [-0.1, -0.05) is 39.8 Å². The van der Waals surface area contributed by atoms with Gasteiger partial charge in [-0.25, -0.2) is 0 Å². The highest BCUT2D eigenvalue weighted by atomic mass is 32.2. The molecular formula is C13H20O3S. The summed E-state index contributed by atoms with van der Waals surface area (Å²) < 4.78 is 30.8. The standard InChI is InChI=1S/C13H20O3S/c1-10(2)9-13(3,4)11-5-7-12(8-6-11)17(14,15)16/h5-8,10H,9H2,1-4H3,(H,14,15,16). The van der Waals surface area contributed by atoms with Crippen molar-refractivity contribution in [1.29, 1.82) is 0 Å². The molecule has 0 saturated carbocycles. The highest BCUT2D eigenvalue weighted by Crippen LogP contribution is 2.30. The van der Waals surface area contributed by atoms with Crippen LogP contribution in [0.4, 0.5) is 0 Å². The van der Waals surface area contributed by atoms with E-state index in [1.165, 1.54) is 12.1 Å².